The third kappa shape index (κ3) is 5.56. The molecular weight excluding hydrogens is 780 g/mol. The number of nitrogens with zero attached hydrogens (tertiary/aromatic N) is 2. The van der Waals surface area contributed by atoms with Gasteiger partial charge in [0.1, 0.15) is 0 Å². The second kappa shape index (κ2) is 13.0. The Hall–Kier alpha value is -5.58. The Morgan fingerprint density at radius 3 is 1.68 bits per heavy atom. The van der Waals surface area contributed by atoms with Gasteiger partial charge in [-0.2, -0.15) is 0 Å². The molecule has 0 saturated heterocycles. The Morgan fingerprint density at radius 1 is 0.460 bits per heavy atom. The Kier molecular flexibility index (Phi) is 8.06. The van der Waals surface area contributed by atoms with Crippen LogP contribution >= 0.6 is 11.3 Å². The van der Waals surface area contributed by atoms with E-state index in [0.717, 1.165) is 6.42 Å². The standard InChI is InChI=1S/C59H57BN2S/c1-35-27-50-55-51(28-35)62(47-29-38(24-23-36(47)2)37-17-12-11-13-18-37)49-32-42-40(56(3,4)25-26-57(42,5)6)30-44(49)60(55)45-31-41-43(59(9,10)34-58(41,7)8)33-48(45)61(50)46-20-16-22-53-54(46)39-19-14-15-21-52(39)63-53/h11-24,27-33H,25-26,34H2,1-10H3. The Morgan fingerprint density at radius 2 is 1.02 bits per heavy atom. The average Bonchev–Trinajstić information content (AvgIpc) is 3.72. The van der Waals surface area contributed by atoms with Crippen LogP contribution in [0.1, 0.15) is 108 Å². The Labute approximate surface area is 378 Å². The molecule has 2 aliphatic carbocycles. The van der Waals surface area contributed by atoms with Crippen molar-refractivity contribution in [3.8, 4) is 11.1 Å². The summed E-state index contributed by atoms with van der Waals surface area (Å²) in [6, 6.07) is 49.7. The maximum Gasteiger partial charge on any atom is 0.252 e. The molecule has 0 fully saturated rings. The number of hydrogen-bond donors (Lipinski definition) is 0. The van der Waals surface area contributed by atoms with Crippen LogP contribution in [-0.2, 0) is 21.7 Å². The van der Waals surface area contributed by atoms with Crippen molar-refractivity contribution in [1.82, 2.24) is 0 Å². The molecule has 0 amide bonds. The van der Waals surface area contributed by atoms with Crippen molar-refractivity contribution in [3.63, 3.8) is 0 Å². The summed E-state index contributed by atoms with van der Waals surface area (Å²) in [4.78, 5) is 5.38. The molecule has 0 bridgehead atoms. The molecule has 2 aliphatic heterocycles. The van der Waals surface area contributed by atoms with Crippen molar-refractivity contribution >= 4 is 88.7 Å². The monoisotopic (exact) mass is 836 g/mol. The highest BCUT2D eigenvalue weighted by atomic mass is 32.1. The quantitative estimate of drug-likeness (QED) is 0.164. The molecule has 312 valence electrons. The van der Waals surface area contributed by atoms with Crippen molar-refractivity contribution in [3.05, 3.63) is 161 Å². The molecule has 0 spiro atoms. The Bertz CT molecular complexity index is 3260. The molecule has 0 saturated carbocycles. The van der Waals surface area contributed by atoms with Crippen LogP contribution in [0.3, 0.4) is 0 Å². The van der Waals surface area contributed by atoms with E-state index in [1.807, 2.05) is 11.3 Å². The molecule has 4 aliphatic rings. The summed E-state index contributed by atoms with van der Waals surface area (Å²) in [5, 5.41) is 2.67. The molecule has 1 aromatic heterocycles. The second-order valence-electron chi connectivity index (χ2n) is 22.1. The summed E-state index contributed by atoms with van der Waals surface area (Å²) in [6.07, 6.45) is 3.48. The third-order valence-corrected chi connectivity index (χ3v) is 17.0. The zero-order valence-electron chi connectivity index (χ0n) is 38.6. The molecule has 0 radical (unpaired) electrons. The summed E-state index contributed by atoms with van der Waals surface area (Å²) in [7, 11) is 0. The molecule has 0 atom stereocenters. The molecule has 0 unspecified atom stereocenters. The van der Waals surface area contributed by atoms with Crippen molar-refractivity contribution in [1.29, 1.82) is 0 Å². The lowest BCUT2D eigenvalue weighted by Crippen LogP contribution is -2.62. The predicted molar refractivity (Wildman–Crippen MR) is 274 cm³/mol. The van der Waals surface area contributed by atoms with Crippen LogP contribution < -0.4 is 26.2 Å². The van der Waals surface area contributed by atoms with Crippen LogP contribution in [-0.4, -0.2) is 6.71 Å². The smallest absolute Gasteiger partial charge is 0.252 e. The molecule has 8 aromatic rings. The van der Waals surface area contributed by atoms with E-state index < -0.39 is 0 Å². The van der Waals surface area contributed by atoms with Gasteiger partial charge >= 0.3 is 0 Å². The number of hydrogen-bond acceptors (Lipinski definition) is 3. The first kappa shape index (κ1) is 39.0. The summed E-state index contributed by atoms with van der Waals surface area (Å²) in [5.74, 6) is 0. The lowest BCUT2D eigenvalue weighted by atomic mass is 9.32. The lowest BCUT2D eigenvalue weighted by molar-refractivity contribution is 0.332. The van der Waals surface area contributed by atoms with E-state index in [1.54, 1.807) is 0 Å². The van der Waals surface area contributed by atoms with E-state index in [4.69, 9.17) is 0 Å². The molecular formula is C59H57BN2S. The van der Waals surface area contributed by atoms with Crippen LogP contribution in [0.2, 0.25) is 0 Å². The number of rotatable bonds is 3. The van der Waals surface area contributed by atoms with Crippen LogP contribution in [0.4, 0.5) is 34.1 Å². The van der Waals surface area contributed by atoms with E-state index in [0.29, 0.717) is 0 Å². The van der Waals surface area contributed by atoms with Gasteiger partial charge in [0.05, 0.1) is 5.69 Å². The number of benzene rings is 7. The van der Waals surface area contributed by atoms with Gasteiger partial charge < -0.3 is 9.80 Å². The van der Waals surface area contributed by atoms with Gasteiger partial charge in [0.15, 0.2) is 0 Å². The molecule has 2 nitrogen and oxygen atoms in total. The molecule has 7 aromatic carbocycles. The number of fused-ring (bicyclic) bond motifs is 9. The van der Waals surface area contributed by atoms with Crippen molar-refractivity contribution in [2.24, 2.45) is 0 Å². The van der Waals surface area contributed by atoms with Gasteiger partial charge in [-0.15, -0.1) is 11.3 Å². The largest absolute Gasteiger partial charge is 0.311 e. The normalized spacial score (nSPS) is 18.2. The highest BCUT2D eigenvalue weighted by Crippen LogP contribution is 2.55. The van der Waals surface area contributed by atoms with Gasteiger partial charge in [-0.1, -0.05) is 134 Å². The minimum Gasteiger partial charge on any atom is -0.311 e. The number of aryl methyl sites for hydroxylation is 2. The molecule has 3 heterocycles. The SMILES string of the molecule is Cc1cc2c3c(c1)N(c1cccc4sc5ccccc5c14)c1cc4c(cc1B3c1cc3c(cc1N2c1cc(-c2ccccc2)ccc1C)C(C)(C)CCC3(C)C)C(C)(C)CC4(C)C. The summed E-state index contributed by atoms with van der Waals surface area (Å²) < 4.78 is 2.67. The lowest BCUT2D eigenvalue weighted by Gasteiger charge is -2.48. The van der Waals surface area contributed by atoms with Gasteiger partial charge in [-0.25, -0.2) is 0 Å². The summed E-state index contributed by atoms with van der Waals surface area (Å²) in [5.41, 5.74) is 23.3. The molecule has 63 heavy (non-hydrogen) atoms. The van der Waals surface area contributed by atoms with E-state index >= 15 is 0 Å². The first-order valence-electron chi connectivity index (χ1n) is 23.2. The van der Waals surface area contributed by atoms with E-state index in [-0.39, 0.29) is 28.4 Å². The maximum atomic E-state index is 2.70. The van der Waals surface area contributed by atoms with Crippen molar-refractivity contribution < 1.29 is 0 Å². The zero-order valence-corrected chi connectivity index (χ0v) is 39.4. The highest BCUT2D eigenvalue weighted by Gasteiger charge is 2.50. The second-order valence-corrected chi connectivity index (χ2v) is 23.1. The summed E-state index contributed by atoms with van der Waals surface area (Å²) >= 11 is 1.91. The third-order valence-electron chi connectivity index (χ3n) is 15.8. The molecule has 12 rings (SSSR count). The fraction of sp³-hybridized carbons (Fsp3) is 0.288. The predicted octanol–water partition coefficient (Wildman–Crippen LogP) is 14.7. The number of thiophene rings is 1. The van der Waals surface area contributed by atoms with Gasteiger partial charge in [0.25, 0.3) is 6.71 Å². The van der Waals surface area contributed by atoms with E-state index in [2.05, 4.69) is 206 Å². The van der Waals surface area contributed by atoms with E-state index in [1.165, 1.54) is 128 Å². The fourth-order valence-corrected chi connectivity index (χ4v) is 13.9. The minimum absolute atomic E-state index is 0.0515. The topological polar surface area (TPSA) is 6.48 Å². The first-order chi connectivity index (χ1) is 30.0. The van der Waals surface area contributed by atoms with Gasteiger partial charge in [0, 0.05) is 48.6 Å². The van der Waals surface area contributed by atoms with Crippen LogP contribution in [0.5, 0.6) is 0 Å². The van der Waals surface area contributed by atoms with Gasteiger partial charge in [-0.05, 0) is 164 Å². The van der Waals surface area contributed by atoms with Crippen molar-refractivity contribution in [2.45, 2.75) is 110 Å². The van der Waals surface area contributed by atoms with Crippen LogP contribution in [0, 0.1) is 13.8 Å². The minimum atomic E-state index is 0.0515. The highest BCUT2D eigenvalue weighted by molar-refractivity contribution is 7.26. The van der Waals surface area contributed by atoms with Crippen LogP contribution in [0.15, 0.2) is 127 Å². The van der Waals surface area contributed by atoms with Gasteiger partial charge in [-0.3, -0.25) is 0 Å². The molecule has 4 heteroatoms. The average molecular weight is 837 g/mol. The summed E-state index contributed by atoms with van der Waals surface area (Å²) in [6.45, 7) is 24.5. The van der Waals surface area contributed by atoms with Crippen molar-refractivity contribution in [2.75, 3.05) is 9.80 Å². The van der Waals surface area contributed by atoms with E-state index in [9.17, 15) is 0 Å². The first-order valence-corrected chi connectivity index (χ1v) is 24.0. The maximum absolute atomic E-state index is 2.70. The van der Waals surface area contributed by atoms with Crippen LogP contribution in [0.25, 0.3) is 31.3 Å². The van der Waals surface area contributed by atoms with Gasteiger partial charge in [0.2, 0.25) is 0 Å². The Balaban J connectivity index is 1.24. The number of anilines is 6. The fourth-order valence-electron chi connectivity index (χ4n) is 12.8. The molecule has 0 N–H and O–H groups in total. The zero-order chi connectivity index (χ0) is 43.5.